The lowest BCUT2D eigenvalue weighted by atomic mass is 10.3. The lowest BCUT2D eigenvalue weighted by Gasteiger charge is -2.25. The van der Waals surface area contributed by atoms with Crippen LogP contribution in [0.4, 0.5) is 0 Å². The fourth-order valence-electron chi connectivity index (χ4n) is 1.73. The van der Waals surface area contributed by atoms with Crippen molar-refractivity contribution < 1.29 is 9.15 Å². The maximum Gasteiger partial charge on any atom is 0.195 e. The van der Waals surface area contributed by atoms with Crippen LogP contribution in [-0.4, -0.2) is 42.7 Å². The van der Waals surface area contributed by atoms with Crippen molar-refractivity contribution in [1.82, 2.24) is 9.88 Å². The lowest BCUT2D eigenvalue weighted by molar-refractivity contribution is 0.0377. The van der Waals surface area contributed by atoms with Gasteiger partial charge in [0.15, 0.2) is 5.89 Å². The van der Waals surface area contributed by atoms with Gasteiger partial charge < -0.3 is 14.9 Å². The number of hydrogen-bond acceptors (Lipinski definition) is 5. The molecule has 0 saturated carbocycles. The number of hydrogen-bond donors (Lipinski definition) is 1. The number of nitrogens with two attached hydrogens (primary N) is 1. The monoisotopic (exact) mass is 225 g/mol. The van der Waals surface area contributed by atoms with E-state index in [1.165, 1.54) is 0 Å². The second-order valence-electron chi connectivity index (χ2n) is 4.15. The predicted molar refractivity (Wildman–Crippen MR) is 60.1 cm³/mol. The number of morpholine rings is 1. The molecule has 5 nitrogen and oxygen atoms in total. The van der Waals surface area contributed by atoms with Crippen LogP contribution in [0.1, 0.15) is 24.6 Å². The Morgan fingerprint density at radius 1 is 1.50 bits per heavy atom. The van der Waals surface area contributed by atoms with Gasteiger partial charge in [0.2, 0.25) is 0 Å². The van der Waals surface area contributed by atoms with E-state index < -0.39 is 0 Å². The highest BCUT2D eigenvalue weighted by Crippen LogP contribution is 2.11. The molecule has 90 valence electrons. The number of oxazole rings is 1. The summed E-state index contributed by atoms with van der Waals surface area (Å²) in [6.45, 7) is 6.53. The highest BCUT2D eigenvalue weighted by molar-refractivity contribution is 4.98. The molecule has 2 heterocycles. The number of aromatic nitrogens is 1. The zero-order valence-corrected chi connectivity index (χ0v) is 9.69. The van der Waals surface area contributed by atoms with E-state index in [-0.39, 0.29) is 6.04 Å². The molecule has 0 spiro atoms. The molecule has 1 atom stereocenters. The summed E-state index contributed by atoms with van der Waals surface area (Å²) in [6, 6.07) is -0.0790. The Bertz CT molecular complexity index is 319. The maximum absolute atomic E-state index is 5.71. The van der Waals surface area contributed by atoms with Crippen molar-refractivity contribution in [2.45, 2.75) is 19.4 Å². The van der Waals surface area contributed by atoms with Crippen molar-refractivity contribution >= 4 is 0 Å². The van der Waals surface area contributed by atoms with Crippen molar-refractivity contribution in [3.8, 4) is 0 Å². The lowest BCUT2D eigenvalue weighted by Crippen LogP contribution is -2.37. The van der Waals surface area contributed by atoms with Crippen LogP contribution < -0.4 is 5.73 Å². The Hall–Kier alpha value is -0.910. The Labute approximate surface area is 95.6 Å². The van der Waals surface area contributed by atoms with Crippen LogP contribution in [-0.2, 0) is 11.2 Å². The molecular formula is C11H19N3O2. The number of ether oxygens (including phenoxy) is 1. The maximum atomic E-state index is 5.71. The van der Waals surface area contributed by atoms with Gasteiger partial charge in [0.25, 0.3) is 0 Å². The van der Waals surface area contributed by atoms with Crippen molar-refractivity contribution in [2.24, 2.45) is 5.73 Å². The first kappa shape index (κ1) is 11.6. The molecule has 1 aliphatic heterocycles. The summed E-state index contributed by atoms with van der Waals surface area (Å²) in [7, 11) is 0. The molecule has 16 heavy (non-hydrogen) atoms. The van der Waals surface area contributed by atoms with E-state index in [1.54, 1.807) is 6.20 Å². The average molecular weight is 225 g/mol. The Morgan fingerprint density at radius 3 is 2.88 bits per heavy atom. The molecule has 0 radical (unpaired) electrons. The normalized spacial score (nSPS) is 19.9. The van der Waals surface area contributed by atoms with Crippen LogP contribution in [0.5, 0.6) is 0 Å². The second kappa shape index (κ2) is 5.43. The first-order valence-corrected chi connectivity index (χ1v) is 5.76. The largest absolute Gasteiger partial charge is 0.444 e. The molecule has 0 aliphatic carbocycles. The van der Waals surface area contributed by atoms with Gasteiger partial charge in [0.05, 0.1) is 25.5 Å². The van der Waals surface area contributed by atoms with E-state index in [2.05, 4.69) is 9.88 Å². The van der Waals surface area contributed by atoms with Gasteiger partial charge in [-0.2, -0.15) is 0 Å². The van der Waals surface area contributed by atoms with Crippen LogP contribution in [0, 0.1) is 0 Å². The quantitative estimate of drug-likeness (QED) is 0.811. The SMILES string of the molecule is CC(N)c1cnc(CCN2CCOCC2)o1. The van der Waals surface area contributed by atoms with E-state index in [4.69, 9.17) is 14.9 Å². The smallest absolute Gasteiger partial charge is 0.195 e. The summed E-state index contributed by atoms with van der Waals surface area (Å²) < 4.78 is 10.8. The van der Waals surface area contributed by atoms with Gasteiger partial charge in [-0.3, -0.25) is 4.90 Å². The van der Waals surface area contributed by atoms with Crippen LogP contribution in [0.2, 0.25) is 0 Å². The van der Waals surface area contributed by atoms with E-state index in [0.717, 1.165) is 50.9 Å². The summed E-state index contributed by atoms with van der Waals surface area (Å²) in [5.74, 6) is 1.54. The molecule has 0 bridgehead atoms. The molecule has 2 rings (SSSR count). The van der Waals surface area contributed by atoms with E-state index >= 15 is 0 Å². The third-order valence-electron chi connectivity index (χ3n) is 2.77. The van der Waals surface area contributed by atoms with Crippen molar-refractivity contribution in [3.63, 3.8) is 0 Å². The molecule has 0 amide bonds. The minimum atomic E-state index is -0.0790. The van der Waals surface area contributed by atoms with Gasteiger partial charge in [-0.25, -0.2) is 4.98 Å². The molecule has 1 aromatic rings. The van der Waals surface area contributed by atoms with E-state index in [0.29, 0.717) is 0 Å². The molecule has 0 aromatic carbocycles. The average Bonchev–Trinajstić information content (AvgIpc) is 2.76. The second-order valence-corrected chi connectivity index (χ2v) is 4.15. The molecule has 1 aliphatic rings. The summed E-state index contributed by atoms with van der Waals surface area (Å²) in [4.78, 5) is 6.58. The van der Waals surface area contributed by atoms with Crippen LogP contribution in [0.3, 0.4) is 0 Å². The Morgan fingerprint density at radius 2 is 2.25 bits per heavy atom. The molecule has 1 unspecified atom stereocenters. The van der Waals surface area contributed by atoms with Gasteiger partial charge in [-0.1, -0.05) is 0 Å². The Balaban J connectivity index is 1.79. The number of rotatable bonds is 4. The van der Waals surface area contributed by atoms with Gasteiger partial charge in [-0.05, 0) is 6.92 Å². The van der Waals surface area contributed by atoms with Crippen molar-refractivity contribution in [1.29, 1.82) is 0 Å². The van der Waals surface area contributed by atoms with Gasteiger partial charge >= 0.3 is 0 Å². The van der Waals surface area contributed by atoms with Gasteiger partial charge in [0.1, 0.15) is 5.76 Å². The van der Waals surface area contributed by atoms with Gasteiger partial charge in [-0.15, -0.1) is 0 Å². The molecular weight excluding hydrogens is 206 g/mol. The van der Waals surface area contributed by atoms with Crippen LogP contribution in [0.15, 0.2) is 10.6 Å². The first-order chi connectivity index (χ1) is 7.75. The van der Waals surface area contributed by atoms with Gasteiger partial charge in [0, 0.05) is 26.1 Å². The summed E-state index contributed by atoms with van der Waals surface area (Å²) >= 11 is 0. The Kier molecular flexibility index (Phi) is 3.93. The standard InChI is InChI=1S/C11H19N3O2/c1-9(12)10-8-13-11(16-10)2-3-14-4-6-15-7-5-14/h8-9H,2-7,12H2,1H3. The highest BCUT2D eigenvalue weighted by Gasteiger charge is 2.12. The molecule has 1 saturated heterocycles. The topological polar surface area (TPSA) is 64.5 Å². The van der Waals surface area contributed by atoms with Crippen LogP contribution in [0.25, 0.3) is 0 Å². The fourth-order valence-corrected chi connectivity index (χ4v) is 1.73. The molecule has 5 heteroatoms. The highest BCUT2D eigenvalue weighted by atomic mass is 16.5. The fraction of sp³-hybridized carbons (Fsp3) is 0.727. The van der Waals surface area contributed by atoms with Crippen LogP contribution >= 0.6 is 0 Å². The minimum absolute atomic E-state index is 0.0790. The summed E-state index contributed by atoms with van der Waals surface area (Å²) in [6.07, 6.45) is 2.56. The predicted octanol–water partition coefficient (Wildman–Crippen LogP) is 0.569. The number of nitrogens with zero attached hydrogens (tertiary/aromatic N) is 2. The summed E-state index contributed by atoms with van der Waals surface area (Å²) in [5.41, 5.74) is 5.71. The molecule has 1 fully saturated rings. The third kappa shape index (κ3) is 3.04. The van der Waals surface area contributed by atoms with E-state index in [9.17, 15) is 0 Å². The minimum Gasteiger partial charge on any atom is -0.444 e. The third-order valence-corrected chi connectivity index (χ3v) is 2.77. The zero-order valence-electron chi connectivity index (χ0n) is 9.69. The van der Waals surface area contributed by atoms with Crippen molar-refractivity contribution in [3.05, 3.63) is 17.8 Å². The zero-order chi connectivity index (χ0) is 11.4. The van der Waals surface area contributed by atoms with Crippen molar-refractivity contribution in [2.75, 3.05) is 32.8 Å². The summed E-state index contributed by atoms with van der Waals surface area (Å²) in [5, 5.41) is 0. The first-order valence-electron chi connectivity index (χ1n) is 5.76. The molecule has 1 aromatic heterocycles. The molecule has 2 N–H and O–H groups in total. The van der Waals surface area contributed by atoms with E-state index in [1.807, 2.05) is 6.92 Å².